The first-order valence-corrected chi connectivity index (χ1v) is 12.2. The Balaban J connectivity index is 1.82. The molecule has 2 heterocycles. The van der Waals surface area contributed by atoms with Gasteiger partial charge in [-0.2, -0.15) is 0 Å². The van der Waals surface area contributed by atoms with E-state index in [4.69, 9.17) is 16.3 Å². The lowest BCUT2D eigenvalue weighted by atomic mass is 10.0. The van der Waals surface area contributed by atoms with E-state index in [0.717, 1.165) is 11.7 Å². The zero-order valence-corrected chi connectivity index (χ0v) is 19.5. The van der Waals surface area contributed by atoms with Crippen LogP contribution in [0.4, 0.5) is 10.2 Å². The third-order valence-corrected chi connectivity index (χ3v) is 5.94. The number of aryl methyl sites for hydroxylation is 1. The van der Waals surface area contributed by atoms with Crippen molar-refractivity contribution in [1.29, 1.82) is 0 Å². The summed E-state index contributed by atoms with van der Waals surface area (Å²) in [5, 5.41) is 3.74. The number of amides is 1. The van der Waals surface area contributed by atoms with Crippen molar-refractivity contribution in [2.45, 2.75) is 25.9 Å². The summed E-state index contributed by atoms with van der Waals surface area (Å²) in [6.45, 7) is 4.56. The number of carbonyl (C=O) groups is 1. The van der Waals surface area contributed by atoms with Crippen LogP contribution >= 0.6 is 11.6 Å². The summed E-state index contributed by atoms with van der Waals surface area (Å²) in [5.74, 6) is -0.473. The number of rotatable bonds is 6. The molecule has 1 amide bonds. The van der Waals surface area contributed by atoms with Gasteiger partial charge in [0, 0.05) is 24.3 Å². The molecule has 0 radical (unpaired) electrons. The third-order valence-electron chi connectivity index (χ3n) is 4.89. The van der Waals surface area contributed by atoms with Crippen LogP contribution in [0.2, 0.25) is 5.02 Å². The van der Waals surface area contributed by atoms with E-state index in [-0.39, 0.29) is 16.8 Å². The lowest BCUT2D eigenvalue weighted by molar-refractivity contribution is 0.0929. The lowest BCUT2D eigenvalue weighted by Gasteiger charge is -2.37. The molecule has 2 aromatic rings. The average Bonchev–Trinajstić information content (AvgIpc) is 2.73. The smallest absolute Gasteiger partial charge is 0.272 e. The number of ether oxygens (including phenoxy) is 1. The van der Waals surface area contributed by atoms with Gasteiger partial charge in [-0.3, -0.25) is 4.79 Å². The van der Waals surface area contributed by atoms with Crippen LogP contribution in [0.15, 0.2) is 35.9 Å². The van der Waals surface area contributed by atoms with Gasteiger partial charge in [-0.15, -0.1) is 0 Å². The largest absolute Gasteiger partial charge is 0.377 e. The predicted molar refractivity (Wildman–Crippen MR) is 120 cm³/mol. The Bertz CT molecular complexity index is 1140. The highest BCUT2D eigenvalue weighted by Gasteiger charge is 2.29. The summed E-state index contributed by atoms with van der Waals surface area (Å²) >= 11 is 6.19. The summed E-state index contributed by atoms with van der Waals surface area (Å²) in [4.78, 5) is 23.3. The Morgan fingerprint density at radius 1 is 1.44 bits per heavy atom. The number of nitrogens with zero attached hydrogens (tertiary/aromatic N) is 3. The molecule has 0 saturated carbocycles. The maximum Gasteiger partial charge on any atom is 0.272 e. The second-order valence-electron chi connectivity index (χ2n) is 7.51. The Labute approximate surface area is 191 Å². The molecular weight excluding hydrogens is 459 g/mol. The van der Waals surface area contributed by atoms with E-state index in [1.54, 1.807) is 26.0 Å². The van der Waals surface area contributed by atoms with Crippen LogP contribution in [-0.2, 0) is 14.6 Å². The van der Waals surface area contributed by atoms with Gasteiger partial charge >= 0.3 is 0 Å². The molecule has 0 bridgehead atoms. The zero-order valence-electron chi connectivity index (χ0n) is 17.9. The fourth-order valence-electron chi connectivity index (χ4n) is 3.33. The minimum Gasteiger partial charge on any atom is -0.377 e. The maximum atomic E-state index is 14.0. The minimum absolute atomic E-state index is 0.0322. The molecule has 8 nitrogen and oxygen atoms in total. The Morgan fingerprint density at radius 2 is 2.19 bits per heavy atom. The van der Waals surface area contributed by atoms with Gasteiger partial charge in [-0.1, -0.05) is 29.8 Å². The molecule has 1 unspecified atom stereocenters. The number of nitrogens with one attached hydrogen (secondary N) is 1. The standard InChI is InChI=1S/C21H24ClFN4O4S/c1-13(7-10-32(3,29)30)25-21(28)20-14(2)26-18(11-24-20)27-8-9-31-12-17(27)15-5-4-6-16(23)19(15)22/h4-7,10-11,13,17H,8-9,12H2,1-3H3,(H,25,28)/b10-7+/t13-,17?/m1/s1. The van der Waals surface area contributed by atoms with Gasteiger partial charge in [0.05, 0.1) is 36.2 Å². The van der Waals surface area contributed by atoms with Gasteiger partial charge in [0.15, 0.2) is 9.84 Å². The summed E-state index contributed by atoms with van der Waals surface area (Å²) in [7, 11) is -3.29. The van der Waals surface area contributed by atoms with Crippen molar-refractivity contribution in [3.63, 3.8) is 0 Å². The lowest BCUT2D eigenvalue weighted by Crippen LogP contribution is -2.40. The molecule has 1 saturated heterocycles. The minimum atomic E-state index is -3.29. The fourth-order valence-corrected chi connectivity index (χ4v) is 4.10. The first-order valence-electron chi connectivity index (χ1n) is 9.88. The van der Waals surface area contributed by atoms with Crippen molar-refractivity contribution in [3.8, 4) is 0 Å². The molecule has 1 aromatic heterocycles. The Morgan fingerprint density at radius 3 is 2.88 bits per heavy atom. The fraction of sp³-hybridized carbons (Fsp3) is 0.381. The quantitative estimate of drug-likeness (QED) is 0.675. The molecule has 1 aromatic carbocycles. The van der Waals surface area contributed by atoms with Gasteiger partial charge in [0.25, 0.3) is 5.91 Å². The zero-order chi connectivity index (χ0) is 23.5. The molecule has 3 rings (SSSR count). The van der Waals surface area contributed by atoms with Crippen molar-refractivity contribution >= 4 is 33.2 Å². The molecule has 0 spiro atoms. The van der Waals surface area contributed by atoms with Crippen molar-refractivity contribution < 1.29 is 22.3 Å². The third kappa shape index (κ3) is 5.81. The molecule has 1 N–H and O–H groups in total. The van der Waals surface area contributed by atoms with Gasteiger partial charge in [-0.05, 0) is 25.5 Å². The number of sulfone groups is 1. The van der Waals surface area contributed by atoms with Crippen LogP contribution in [0.1, 0.15) is 34.7 Å². The van der Waals surface area contributed by atoms with Crippen molar-refractivity contribution in [2.24, 2.45) is 0 Å². The van der Waals surface area contributed by atoms with Crippen molar-refractivity contribution in [1.82, 2.24) is 15.3 Å². The van der Waals surface area contributed by atoms with E-state index in [9.17, 15) is 17.6 Å². The number of morpholine rings is 1. The molecular formula is C21H24ClFN4O4S. The normalized spacial score (nSPS) is 18.0. The molecule has 2 atom stereocenters. The van der Waals surface area contributed by atoms with E-state index >= 15 is 0 Å². The maximum absolute atomic E-state index is 14.0. The first-order chi connectivity index (χ1) is 15.1. The number of halogens is 2. The highest BCUT2D eigenvalue weighted by Crippen LogP contribution is 2.34. The molecule has 1 aliphatic heterocycles. The summed E-state index contributed by atoms with van der Waals surface area (Å²) in [6.07, 6.45) is 3.93. The van der Waals surface area contributed by atoms with Crippen LogP contribution in [0.5, 0.6) is 0 Å². The molecule has 172 valence electrons. The summed E-state index contributed by atoms with van der Waals surface area (Å²) < 4.78 is 42.0. The topological polar surface area (TPSA) is 101 Å². The van der Waals surface area contributed by atoms with E-state index in [0.29, 0.717) is 36.8 Å². The van der Waals surface area contributed by atoms with Gasteiger partial charge in [0.1, 0.15) is 17.3 Å². The molecule has 32 heavy (non-hydrogen) atoms. The number of aromatic nitrogens is 2. The number of anilines is 1. The summed E-state index contributed by atoms with van der Waals surface area (Å²) in [5.41, 5.74) is 1.11. The van der Waals surface area contributed by atoms with Gasteiger partial charge < -0.3 is 15.0 Å². The molecule has 1 aliphatic rings. The van der Waals surface area contributed by atoms with E-state index < -0.39 is 27.6 Å². The second kappa shape index (κ2) is 9.93. The average molecular weight is 483 g/mol. The molecule has 11 heteroatoms. The second-order valence-corrected chi connectivity index (χ2v) is 9.82. The Hall–Kier alpha value is -2.56. The van der Waals surface area contributed by atoms with Crippen molar-refractivity contribution in [3.05, 3.63) is 63.7 Å². The Kier molecular flexibility index (Phi) is 7.47. The van der Waals surface area contributed by atoms with Crippen LogP contribution in [0.25, 0.3) is 0 Å². The van der Waals surface area contributed by atoms with E-state index in [1.807, 2.05) is 4.90 Å². The van der Waals surface area contributed by atoms with Crippen LogP contribution < -0.4 is 10.2 Å². The highest BCUT2D eigenvalue weighted by atomic mass is 35.5. The number of carbonyl (C=O) groups excluding carboxylic acids is 1. The van der Waals surface area contributed by atoms with Crippen LogP contribution in [-0.4, -0.2) is 56.3 Å². The van der Waals surface area contributed by atoms with E-state index in [1.165, 1.54) is 18.3 Å². The first kappa shape index (κ1) is 24.1. The monoisotopic (exact) mass is 482 g/mol. The molecule has 1 fully saturated rings. The van der Waals surface area contributed by atoms with E-state index in [2.05, 4.69) is 15.3 Å². The number of hydrogen-bond donors (Lipinski definition) is 1. The van der Waals surface area contributed by atoms with Crippen molar-refractivity contribution in [2.75, 3.05) is 30.9 Å². The number of hydrogen-bond acceptors (Lipinski definition) is 7. The number of benzene rings is 1. The van der Waals surface area contributed by atoms with Crippen LogP contribution in [0, 0.1) is 12.7 Å². The summed E-state index contributed by atoms with van der Waals surface area (Å²) in [6, 6.07) is 3.75. The molecule has 0 aliphatic carbocycles. The van der Waals surface area contributed by atoms with Crippen LogP contribution in [0.3, 0.4) is 0 Å². The predicted octanol–water partition coefficient (Wildman–Crippen LogP) is 2.83. The highest BCUT2D eigenvalue weighted by molar-refractivity contribution is 7.93. The van der Waals surface area contributed by atoms with Gasteiger partial charge in [0.2, 0.25) is 0 Å². The van der Waals surface area contributed by atoms with Gasteiger partial charge in [-0.25, -0.2) is 22.8 Å². The SMILES string of the molecule is Cc1nc(N2CCOCC2c2cccc(F)c2Cl)cnc1C(=O)N[C@H](C)/C=C/S(C)(=O)=O.